The van der Waals surface area contributed by atoms with Crippen LogP contribution >= 0.6 is 0 Å². The number of esters is 3. The molecular formula is C15H26O6. The molecule has 0 saturated heterocycles. The van der Waals surface area contributed by atoms with Gasteiger partial charge in [0.2, 0.25) is 0 Å². The van der Waals surface area contributed by atoms with Crippen molar-refractivity contribution in [3.8, 4) is 0 Å². The summed E-state index contributed by atoms with van der Waals surface area (Å²) in [6.45, 7) is 10.4. The average molecular weight is 302 g/mol. The van der Waals surface area contributed by atoms with Crippen LogP contribution in [0.5, 0.6) is 0 Å². The summed E-state index contributed by atoms with van der Waals surface area (Å²) in [7, 11) is 0. The molecule has 0 fully saturated rings. The number of hydrogen-bond donors (Lipinski definition) is 0. The molecule has 0 spiro atoms. The fourth-order valence-electron chi connectivity index (χ4n) is 1.03. The van der Waals surface area contributed by atoms with Gasteiger partial charge in [0.15, 0.2) is 13.2 Å². The van der Waals surface area contributed by atoms with E-state index in [1.54, 1.807) is 20.8 Å². The van der Waals surface area contributed by atoms with Crippen LogP contribution in [0.1, 0.15) is 48.0 Å². The van der Waals surface area contributed by atoms with Gasteiger partial charge in [-0.3, -0.25) is 4.79 Å². The Hall–Kier alpha value is -1.59. The molecule has 0 bridgehead atoms. The zero-order valence-corrected chi connectivity index (χ0v) is 13.8. The van der Waals surface area contributed by atoms with Crippen molar-refractivity contribution >= 4 is 17.9 Å². The Kier molecular flexibility index (Phi) is 7.39. The van der Waals surface area contributed by atoms with Gasteiger partial charge in [-0.25, -0.2) is 9.59 Å². The van der Waals surface area contributed by atoms with Crippen LogP contribution in [0.3, 0.4) is 0 Å². The fourth-order valence-corrected chi connectivity index (χ4v) is 1.03. The van der Waals surface area contributed by atoms with E-state index in [-0.39, 0.29) is 12.0 Å². The number of carbonyl (C=O) groups excluding carboxylic acids is 3. The first-order valence-corrected chi connectivity index (χ1v) is 6.90. The molecule has 0 aliphatic rings. The lowest BCUT2D eigenvalue weighted by Crippen LogP contribution is -2.27. The molecule has 122 valence electrons. The Bertz CT molecular complexity index is 373. The number of rotatable bonds is 6. The van der Waals surface area contributed by atoms with E-state index in [1.165, 1.54) is 0 Å². The van der Waals surface area contributed by atoms with Crippen LogP contribution in [0.4, 0.5) is 0 Å². The van der Waals surface area contributed by atoms with E-state index in [0.29, 0.717) is 0 Å². The maximum atomic E-state index is 11.4. The van der Waals surface area contributed by atoms with Crippen LogP contribution in [0, 0.1) is 10.8 Å². The summed E-state index contributed by atoms with van der Waals surface area (Å²) in [5.74, 6) is -1.90. The average Bonchev–Trinajstić information content (AvgIpc) is 2.30. The smallest absolute Gasteiger partial charge is 0.344 e. The number of hydrogen-bond acceptors (Lipinski definition) is 6. The highest BCUT2D eigenvalue weighted by Crippen LogP contribution is 2.18. The molecule has 0 aromatic rings. The molecule has 0 rings (SSSR count). The van der Waals surface area contributed by atoms with Gasteiger partial charge in [-0.05, 0) is 32.6 Å². The van der Waals surface area contributed by atoms with Gasteiger partial charge < -0.3 is 14.2 Å². The molecule has 21 heavy (non-hydrogen) atoms. The summed E-state index contributed by atoms with van der Waals surface area (Å²) in [4.78, 5) is 34.0. The topological polar surface area (TPSA) is 78.9 Å². The Morgan fingerprint density at radius 2 is 1.24 bits per heavy atom. The molecule has 0 radical (unpaired) electrons. The van der Waals surface area contributed by atoms with E-state index < -0.39 is 36.5 Å². The standard InChI is InChI=1S/C15H26O6/c1-14(2,3)7-8-19-11(16)9-20-12(17)10-21-13(18)15(4,5)6/h7-10H2,1-6H3. The van der Waals surface area contributed by atoms with E-state index in [2.05, 4.69) is 4.74 Å². The second-order valence-corrected chi connectivity index (χ2v) is 7.02. The van der Waals surface area contributed by atoms with Gasteiger partial charge in [0.25, 0.3) is 0 Å². The third kappa shape index (κ3) is 10.8. The maximum absolute atomic E-state index is 11.4. The largest absolute Gasteiger partial charge is 0.463 e. The number of ether oxygens (including phenoxy) is 3. The second-order valence-electron chi connectivity index (χ2n) is 7.02. The monoisotopic (exact) mass is 302 g/mol. The molecule has 0 N–H and O–H groups in total. The summed E-state index contributed by atoms with van der Waals surface area (Å²) >= 11 is 0. The van der Waals surface area contributed by atoms with E-state index in [9.17, 15) is 14.4 Å². The first kappa shape index (κ1) is 19.4. The van der Waals surface area contributed by atoms with E-state index in [1.807, 2.05) is 20.8 Å². The summed E-state index contributed by atoms with van der Waals surface area (Å²) in [5, 5.41) is 0. The minimum atomic E-state index is -0.777. The minimum absolute atomic E-state index is 0.0676. The summed E-state index contributed by atoms with van der Waals surface area (Å²) < 4.78 is 14.3. The summed E-state index contributed by atoms with van der Waals surface area (Å²) in [5.41, 5.74) is -0.621. The molecule has 0 unspecified atom stereocenters. The van der Waals surface area contributed by atoms with Crippen LogP contribution < -0.4 is 0 Å². The van der Waals surface area contributed by atoms with Crippen molar-refractivity contribution in [3.05, 3.63) is 0 Å². The van der Waals surface area contributed by atoms with Crippen LogP contribution in [-0.4, -0.2) is 37.7 Å². The molecule has 0 aromatic heterocycles. The lowest BCUT2D eigenvalue weighted by atomic mass is 9.93. The second kappa shape index (κ2) is 8.00. The van der Waals surface area contributed by atoms with Crippen LogP contribution in [0.2, 0.25) is 0 Å². The quantitative estimate of drug-likeness (QED) is 0.552. The zero-order chi connectivity index (χ0) is 16.7. The molecule has 6 nitrogen and oxygen atoms in total. The molecule has 0 aromatic carbocycles. The zero-order valence-electron chi connectivity index (χ0n) is 13.8. The van der Waals surface area contributed by atoms with E-state index in [0.717, 1.165) is 6.42 Å². The normalized spacial score (nSPS) is 11.7. The van der Waals surface area contributed by atoms with Gasteiger partial charge in [0.1, 0.15) is 0 Å². The highest BCUT2D eigenvalue weighted by molar-refractivity contribution is 5.81. The van der Waals surface area contributed by atoms with Crippen LogP contribution in [0.15, 0.2) is 0 Å². The van der Waals surface area contributed by atoms with Gasteiger partial charge >= 0.3 is 17.9 Å². The van der Waals surface area contributed by atoms with Gasteiger partial charge in [-0.15, -0.1) is 0 Å². The van der Waals surface area contributed by atoms with Gasteiger partial charge in [0, 0.05) is 0 Å². The third-order valence-electron chi connectivity index (χ3n) is 2.40. The van der Waals surface area contributed by atoms with Gasteiger partial charge in [-0.2, -0.15) is 0 Å². The van der Waals surface area contributed by atoms with Crippen molar-refractivity contribution in [1.29, 1.82) is 0 Å². The van der Waals surface area contributed by atoms with E-state index in [4.69, 9.17) is 9.47 Å². The Morgan fingerprint density at radius 1 is 0.762 bits per heavy atom. The number of carbonyl (C=O) groups is 3. The van der Waals surface area contributed by atoms with Crippen molar-refractivity contribution in [3.63, 3.8) is 0 Å². The fraction of sp³-hybridized carbons (Fsp3) is 0.800. The van der Waals surface area contributed by atoms with Gasteiger partial charge in [0.05, 0.1) is 12.0 Å². The first-order chi connectivity index (χ1) is 9.42. The van der Waals surface area contributed by atoms with E-state index >= 15 is 0 Å². The third-order valence-corrected chi connectivity index (χ3v) is 2.40. The Labute approximate surface area is 126 Å². The van der Waals surface area contributed by atoms with Crippen LogP contribution in [0.25, 0.3) is 0 Å². The molecule has 6 heteroatoms. The van der Waals surface area contributed by atoms with Crippen molar-refractivity contribution < 1.29 is 28.6 Å². The Morgan fingerprint density at radius 3 is 1.71 bits per heavy atom. The lowest BCUT2D eigenvalue weighted by molar-refractivity contribution is -0.168. The highest BCUT2D eigenvalue weighted by Gasteiger charge is 2.24. The predicted molar refractivity (Wildman–Crippen MR) is 76.4 cm³/mol. The van der Waals surface area contributed by atoms with Gasteiger partial charge in [-0.1, -0.05) is 20.8 Å². The van der Waals surface area contributed by atoms with Crippen molar-refractivity contribution in [1.82, 2.24) is 0 Å². The SMILES string of the molecule is CC(C)(C)CCOC(=O)COC(=O)COC(=O)C(C)(C)C. The molecule has 0 aliphatic heterocycles. The molecular weight excluding hydrogens is 276 g/mol. The Balaban J connectivity index is 3.83. The summed E-state index contributed by atoms with van der Waals surface area (Å²) in [6.07, 6.45) is 0.718. The predicted octanol–water partition coefficient (Wildman–Crippen LogP) is 2.10. The molecule has 0 aliphatic carbocycles. The minimum Gasteiger partial charge on any atom is -0.463 e. The molecule has 0 heterocycles. The molecule has 0 saturated carbocycles. The van der Waals surface area contributed by atoms with Crippen LogP contribution in [-0.2, 0) is 28.6 Å². The highest BCUT2D eigenvalue weighted by atomic mass is 16.6. The van der Waals surface area contributed by atoms with Crippen molar-refractivity contribution in [2.24, 2.45) is 10.8 Å². The molecule has 0 amide bonds. The van der Waals surface area contributed by atoms with Crippen molar-refractivity contribution in [2.45, 2.75) is 48.0 Å². The maximum Gasteiger partial charge on any atom is 0.344 e. The lowest BCUT2D eigenvalue weighted by Gasteiger charge is -2.17. The summed E-state index contributed by atoms with van der Waals surface area (Å²) in [6, 6.07) is 0. The first-order valence-electron chi connectivity index (χ1n) is 6.90. The van der Waals surface area contributed by atoms with Crippen molar-refractivity contribution in [2.75, 3.05) is 19.8 Å². The molecule has 0 atom stereocenters.